The summed E-state index contributed by atoms with van der Waals surface area (Å²) >= 11 is 0. The molecule has 0 heterocycles. The molecule has 1 aromatic rings. The largest absolute Gasteiger partial charge is 0.420 e. The molecule has 1 amide bonds. The highest BCUT2D eigenvalue weighted by molar-refractivity contribution is 5.77. The molecule has 0 bridgehead atoms. The molecule has 0 aliphatic heterocycles. The van der Waals surface area contributed by atoms with Crippen molar-refractivity contribution in [2.24, 2.45) is 17.2 Å². The molecule has 0 unspecified atom stereocenters. The van der Waals surface area contributed by atoms with Gasteiger partial charge in [0.1, 0.15) is 5.54 Å². The van der Waals surface area contributed by atoms with Gasteiger partial charge < -0.3 is 79.4 Å². The zero-order chi connectivity index (χ0) is 43.4. The van der Waals surface area contributed by atoms with E-state index in [2.05, 4.69) is 10.1 Å². The molecular formula is C36H61F5N4O14. The number of halogens is 5. The van der Waals surface area contributed by atoms with Crippen molar-refractivity contribution in [2.45, 2.75) is 18.4 Å². The monoisotopic (exact) mass is 868 g/mol. The van der Waals surface area contributed by atoms with Crippen molar-refractivity contribution in [3.05, 3.63) is 29.1 Å². The van der Waals surface area contributed by atoms with E-state index in [1.807, 2.05) is 0 Å². The van der Waals surface area contributed by atoms with Gasteiger partial charge in [0.15, 0.2) is 0 Å². The number of esters is 1. The molecule has 18 nitrogen and oxygen atoms in total. The number of ether oxygens (including phenoxy) is 12. The Morgan fingerprint density at radius 1 is 0.407 bits per heavy atom. The molecule has 7 N–H and O–H groups in total. The summed E-state index contributed by atoms with van der Waals surface area (Å²) in [5.74, 6) is -14.9. The van der Waals surface area contributed by atoms with Crippen molar-refractivity contribution in [2.75, 3.05) is 165 Å². The molecule has 0 aliphatic rings. The average molecular weight is 869 g/mol. The fourth-order valence-electron chi connectivity index (χ4n) is 4.45. The van der Waals surface area contributed by atoms with Gasteiger partial charge in [0, 0.05) is 26.1 Å². The Hall–Kier alpha value is -2.75. The van der Waals surface area contributed by atoms with Crippen LogP contribution >= 0.6 is 0 Å². The van der Waals surface area contributed by atoms with Crippen LogP contribution in [0.25, 0.3) is 0 Å². The van der Waals surface area contributed by atoms with E-state index in [9.17, 15) is 31.5 Å². The summed E-state index contributed by atoms with van der Waals surface area (Å²) in [6.45, 7) is 5.41. The fourth-order valence-corrected chi connectivity index (χ4v) is 4.45. The number of rotatable bonds is 41. The second-order valence-electron chi connectivity index (χ2n) is 12.1. The molecule has 0 radical (unpaired) electrons. The van der Waals surface area contributed by atoms with Gasteiger partial charge in [0.25, 0.3) is 0 Å². The number of hydrogen-bond acceptors (Lipinski definition) is 17. The van der Waals surface area contributed by atoms with Gasteiger partial charge in [-0.05, 0) is 0 Å². The molecule has 0 fully saturated rings. The van der Waals surface area contributed by atoms with Crippen molar-refractivity contribution in [1.29, 1.82) is 0 Å². The first-order chi connectivity index (χ1) is 28.6. The van der Waals surface area contributed by atoms with Crippen LogP contribution in [0.5, 0.6) is 5.75 Å². The minimum atomic E-state index is -2.38. The van der Waals surface area contributed by atoms with E-state index in [0.29, 0.717) is 79.1 Å². The molecular weight excluding hydrogens is 807 g/mol. The minimum Gasteiger partial charge on any atom is -0.420 e. The first-order valence-electron chi connectivity index (χ1n) is 19.1. The lowest BCUT2D eigenvalue weighted by atomic mass is 10.0. The summed E-state index contributed by atoms with van der Waals surface area (Å²) in [5.41, 5.74) is 15.1. The van der Waals surface area contributed by atoms with Gasteiger partial charge in [-0.15, -0.1) is 0 Å². The lowest BCUT2D eigenvalue weighted by molar-refractivity contribution is -0.136. The number of amides is 1. The molecule has 0 atom stereocenters. The summed E-state index contributed by atoms with van der Waals surface area (Å²) in [5, 5.41) is 2.95. The van der Waals surface area contributed by atoms with Gasteiger partial charge in [0.05, 0.1) is 152 Å². The molecule has 0 spiro atoms. The highest BCUT2D eigenvalue weighted by Gasteiger charge is 2.34. The van der Waals surface area contributed by atoms with E-state index in [1.54, 1.807) is 0 Å². The Kier molecular flexibility index (Phi) is 33.1. The third-order valence-electron chi connectivity index (χ3n) is 7.24. The maximum atomic E-state index is 13.8. The molecule has 59 heavy (non-hydrogen) atoms. The van der Waals surface area contributed by atoms with E-state index in [-0.39, 0.29) is 92.3 Å². The number of carbonyl (C=O) groups excluding carboxylic acids is 2. The first-order valence-corrected chi connectivity index (χ1v) is 19.1. The van der Waals surface area contributed by atoms with Crippen LogP contribution in [0.2, 0.25) is 0 Å². The Labute approximate surface area is 340 Å². The van der Waals surface area contributed by atoms with Crippen molar-refractivity contribution >= 4 is 11.9 Å². The van der Waals surface area contributed by atoms with Crippen LogP contribution in [0.1, 0.15) is 12.8 Å². The van der Waals surface area contributed by atoms with Crippen molar-refractivity contribution in [3.63, 3.8) is 0 Å². The standard InChI is InChI=1S/C36H61F5N4O14/c37-30-31(38)33(40)35(34(41)32(30)39)59-29(47)2-7-49-12-11-48-6-1-28(46)45-36(25-56-22-19-53-16-13-50-8-3-42,26-57-23-20-54-17-14-51-9-4-43)27-58-24-21-55-18-15-52-10-5-44/h1-27,42-44H2,(H,45,46). The van der Waals surface area contributed by atoms with E-state index in [1.165, 1.54) is 0 Å². The van der Waals surface area contributed by atoms with Gasteiger partial charge in [0.2, 0.25) is 40.7 Å². The normalized spacial score (nSPS) is 11.7. The van der Waals surface area contributed by atoms with Crippen LogP contribution in [-0.2, 0) is 61.7 Å². The topological polar surface area (TPSA) is 235 Å². The Bertz CT molecular complexity index is 1170. The highest BCUT2D eigenvalue weighted by Crippen LogP contribution is 2.29. The summed E-state index contributed by atoms with van der Waals surface area (Å²) in [6, 6.07) is 0. The van der Waals surface area contributed by atoms with E-state index in [4.69, 9.17) is 69.3 Å². The number of nitrogens with two attached hydrogens (primary N) is 3. The smallest absolute Gasteiger partial charge is 0.313 e. The quantitative estimate of drug-likeness (QED) is 0.0169. The lowest BCUT2D eigenvalue weighted by Crippen LogP contribution is -2.59. The third-order valence-corrected chi connectivity index (χ3v) is 7.24. The summed E-state index contributed by atoms with van der Waals surface area (Å²) < 4.78 is 133. The van der Waals surface area contributed by atoms with Crippen molar-refractivity contribution < 1.29 is 88.4 Å². The van der Waals surface area contributed by atoms with Gasteiger partial charge in [-0.1, -0.05) is 0 Å². The summed E-state index contributed by atoms with van der Waals surface area (Å²) in [7, 11) is 0. The van der Waals surface area contributed by atoms with Crippen LogP contribution in [0.4, 0.5) is 22.0 Å². The predicted octanol–water partition coefficient (Wildman–Crippen LogP) is -0.0186. The van der Waals surface area contributed by atoms with Gasteiger partial charge in [-0.2, -0.15) is 8.78 Å². The fraction of sp³-hybridized carbons (Fsp3) is 0.778. The molecule has 0 aromatic heterocycles. The number of benzene rings is 1. The van der Waals surface area contributed by atoms with Crippen LogP contribution in [0.3, 0.4) is 0 Å². The van der Waals surface area contributed by atoms with Gasteiger partial charge in [-0.25, -0.2) is 13.2 Å². The number of nitrogens with one attached hydrogen (secondary N) is 1. The molecule has 1 aromatic carbocycles. The lowest BCUT2D eigenvalue weighted by Gasteiger charge is -2.34. The maximum Gasteiger partial charge on any atom is 0.313 e. The van der Waals surface area contributed by atoms with E-state index >= 15 is 0 Å². The van der Waals surface area contributed by atoms with Crippen LogP contribution in [-0.4, -0.2) is 182 Å². The Morgan fingerprint density at radius 2 is 0.695 bits per heavy atom. The summed E-state index contributed by atoms with van der Waals surface area (Å²) in [4.78, 5) is 25.1. The van der Waals surface area contributed by atoms with E-state index < -0.39 is 58.7 Å². The highest BCUT2D eigenvalue weighted by atomic mass is 19.2. The molecule has 0 saturated carbocycles. The average Bonchev–Trinajstić information content (AvgIpc) is 3.22. The molecule has 23 heteroatoms. The zero-order valence-electron chi connectivity index (χ0n) is 33.4. The van der Waals surface area contributed by atoms with Crippen LogP contribution < -0.4 is 27.3 Å². The SMILES string of the molecule is NCCOCCOCCOCC(COCCOCCOCCN)(COCCOCCOCCN)NC(=O)CCOCCOCCC(=O)Oc1c(F)c(F)c(F)c(F)c1F. The second kappa shape index (κ2) is 36.0. The van der Waals surface area contributed by atoms with Crippen molar-refractivity contribution in [3.8, 4) is 5.75 Å². The molecule has 0 aliphatic carbocycles. The maximum absolute atomic E-state index is 13.8. The minimum absolute atomic E-state index is 0.0190. The van der Waals surface area contributed by atoms with Gasteiger partial charge in [-0.3, -0.25) is 9.59 Å². The van der Waals surface area contributed by atoms with Gasteiger partial charge >= 0.3 is 5.97 Å². The van der Waals surface area contributed by atoms with Crippen molar-refractivity contribution in [1.82, 2.24) is 5.32 Å². The molecule has 344 valence electrons. The number of hydrogen-bond donors (Lipinski definition) is 4. The molecule has 1 rings (SSSR count). The van der Waals surface area contributed by atoms with E-state index in [0.717, 1.165) is 0 Å². The Morgan fingerprint density at radius 3 is 1.05 bits per heavy atom. The van der Waals surface area contributed by atoms with Crippen LogP contribution in [0, 0.1) is 29.1 Å². The Balaban J connectivity index is 2.68. The first kappa shape index (κ1) is 54.3. The molecule has 0 saturated heterocycles. The third kappa shape index (κ3) is 26.3. The summed E-state index contributed by atoms with van der Waals surface area (Å²) in [6.07, 6.45) is -0.671. The second-order valence-corrected chi connectivity index (χ2v) is 12.1. The predicted molar refractivity (Wildman–Crippen MR) is 198 cm³/mol. The van der Waals surface area contributed by atoms with Crippen LogP contribution in [0.15, 0.2) is 0 Å². The number of carbonyl (C=O) groups is 2. The zero-order valence-corrected chi connectivity index (χ0v) is 33.4.